The Morgan fingerprint density at radius 1 is 1.43 bits per heavy atom. The SMILES string of the molecule is COc1cc2[nH]c(C#N)cc2cc1Br. The first kappa shape index (κ1) is 9.10. The van der Waals surface area contributed by atoms with Gasteiger partial charge in [-0.3, -0.25) is 0 Å². The fourth-order valence-electron chi connectivity index (χ4n) is 1.35. The number of methoxy groups -OCH3 is 1. The summed E-state index contributed by atoms with van der Waals surface area (Å²) in [5, 5.41) is 9.70. The molecule has 1 heterocycles. The maximum absolute atomic E-state index is 8.71. The Kier molecular flexibility index (Phi) is 2.18. The van der Waals surface area contributed by atoms with E-state index in [0.29, 0.717) is 5.69 Å². The van der Waals surface area contributed by atoms with Crippen LogP contribution in [0.1, 0.15) is 5.69 Å². The van der Waals surface area contributed by atoms with E-state index in [9.17, 15) is 0 Å². The van der Waals surface area contributed by atoms with Crippen molar-refractivity contribution in [2.75, 3.05) is 7.11 Å². The van der Waals surface area contributed by atoms with Crippen LogP contribution in [0.4, 0.5) is 0 Å². The van der Waals surface area contributed by atoms with Crippen LogP contribution in [0.3, 0.4) is 0 Å². The van der Waals surface area contributed by atoms with Gasteiger partial charge < -0.3 is 9.72 Å². The zero-order chi connectivity index (χ0) is 10.1. The first-order valence-corrected chi connectivity index (χ1v) is 4.80. The quantitative estimate of drug-likeness (QED) is 0.847. The Hall–Kier alpha value is -1.47. The molecule has 0 aliphatic heterocycles. The topological polar surface area (TPSA) is 48.8 Å². The number of aromatic amines is 1. The van der Waals surface area contributed by atoms with E-state index in [1.807, 2.05) is 12.1 Å². The number of hydrogen-bond donors (Lipinski definition) is 1. The van der Waals surface area contributed by atoms with E-state index in [4.69, 9.17) is 10.00 Å². The van der Waals surface area contributed by atoms with Crippen LogP contribution >= 0.6 is 15.9 Å². The minimum Gasteiger partial charge on any atom is -0.495 e. The number of nitriles is 1. The van der Waals surface area contributed by atoms with Gasteiger partial charge in [0.05, 0.1) is 17.1 Å². The van der Waals surface area contributed by atoms with E-state index >= 15 is 0 Å². The Labute approximate surface area is 89.4 Å². The Bertz CT molecular complexity index is 525. The lowest BCUT2D eigenvalue weighted by Crippen LogP contribution is -1.83. The maximum atomic E-state index is 8.71. The van der Waals surface area contributed by atoms with Crippen molar-refractivity contribution >= 4 is 26.8 Å². The zero-order valence-corrected chi connectivity index (χ0v) is 9.05. The van der Waals surface area contributed by atoms with Crippen LogP contribution in [0.25, 0.3) is 10.9 Å². The van der Waals surface area contributed by atoms with Crippen LogP contribution in [-0.4, -0.2) is 12.1 Å². The Morgan fingerprint density at radius 3 is 2.86 bits per heavy atom. The van der Waals surface area contributed by atoms with Crippen molar-refractivity contribution in [2.24, 2.45) is 0 Å². The lowest BCUT2D eigenvalue weighted by Gasteiger charge is -2.02. The first-order chi connectivity index (χ1) is 6.74. The molecule has 70 valence electrons. The number of rotatable bonds is 1. The molecule has 0 spiro atoms. The maximum Gasteiger partial charge on any atom is 0.135 e. The summed E-state index contributed by atoms with van der Waals surface area (Å²) >= 11 is 3.39. The highest BCUT2D eigenvalue weighted by atomic mass is 79.9. The van der Waals surface area contributed by atoms with E-state index in [0.717, 1.165) is 21.1 Å². The molecule has 0 atom stereocenters. The number of hydrogen-bond acceptors (Lipinski definition) is 2. The highest BCUT2D eigenvalue weighted by Gasteiger charge is 2.05. The van der Waals surface area contributed by atoms with Crippen molar-refractivity contribution in [3.63, 3.8) is 0 Å². The molecule has 0 saturated heterocycles. The molecule has 4 heteroatoms. The third kappa shape index (κ3) is 1.36. The fourth-order valence-corrected chi connectivity index (χ4v) is 1.87. The molecule has 14 heavy (non-hydrogen) atoms. The number of ether oxygens (including phenoxy) is 1. The van der Waals surface area contributed by atoms with Gasteiger partial charge in [-0.15, -0.1) is 0 Å². The number of H-pyrrole nitrogens is 1. The second-order valence-corrected chi connectivity index (χ2v) is 3.72. The average molecular weight is 251 g/mol. The van der Waals surface area contributed by atoms with Gasteiger partial charge in [-0.05, 0) is 28.1 Å². The predicted molar refractivity (Wildman–Crippen MR) is 57.3 cm³/mol. The van der Waals surface area contributed by atoms with E-state index in [2.05, 4.69) is 27.0 Å². The first-order valence-electron chi connectivity index (χ1n) is 4.01. The lowest BCUT2D eigenvalue weighted by molar-refractivity contribution is 0.413. The van der Waals surface area contributed by atoms with E-state index in [1.54, 1.807) is 13.2 Å². The highest BCUT2D eigenvalue weighted by Crippen LogP contribution is 2.30. The minimum absolute atomic E-state index is 0.556. The van der Waals surface area contributed by atoms with Crippen LogP contribution in [-0.2, 0) is 0 Å². The number of nitrogens with zero attached hydrogens (tertiary/aromatic N) is 1. The summed E-state index contributed by atoms with van der Waals surface area (Å²) in [7, 11) is 1.61. The summed E-state index contributed by atoms with van der Waals surface area (Å²) in [6.45, 7) is 0. The molecule has 0 unspecified atom stereocenters. The molecule has 0 fully saturated rings. The largest absolute Gasteiger partial charge is 0.495 e. The Morgan fingerprint density at radius 2 is 2.21 bits per heavy atom. The number of nitrogens with one attached hydrogen (secondary N) is 1. The van der Waals surface area contributed by atoms with Crippen LogP contribution in [0.2, 0.25) is 0 Å². The molecule has 0 bridgehead atoms. The van der Waals surface area contributed by atoms with Crippen LogP contribution in [0.5, 0.6) is 5.75 Å². The van der Waals surface area contributed by atoms with Gasteiger partial charge in [-0.25, -0.2) is 0 Å². The number of fused-ring (bicyclic) bond motifs is 1. The summed E-state index contributed by atoms with van der Waals surface area (Å²) < 4.78 is 6.03. The standard InChI is InChI=1S/C10H7BrN2O/c1-14-10-4-9-6(3-8(10)11)2-7(5-12)13-9/h2-4,13H,1H3. The Balaban J connectivity index is 2.71. The van der Waals surface area contributed by atoms with Gasteiger partial charge >= 0.3 is 0 Å². The smallest absolute Gasteiger partial charge is 0.135 e. The molecule has 1 aromatic heterocycles. The van der Waals surface area contributed by atoms with Gasteiger partial charge in [0.25, 0.3) is 0 Å². The molecule has 0 amide bonds. The van der Waals surface area contributed by atoms with Crippen LogP contribution < -0.4 is 4.74 Å². The second-order valence-electron chi connectivity index (χ2n) is 2.87. The summed E-state index contributed by atoms with van der Waals surface area (Å²) in [6.07, 6.45) is 0. The number of benzene rings is 1. The van der Waals surface area contributed by atoms with Crippen LogP contribution in [0, 0.1) is 11.3 Å². The number of halogens is 1. The number of aromatic nitrogens is 1. The second kappa shape index (κ2) is 3.35. The van der Waals surface area contributed by atoms with Crippen molar-refractivity contribution < 1.29 is 4.74 Å². The van der Waals surface area contributed by atoms with Crippen molar-refractivity contribution in [3.8, 4) is 11.8 Å². The van der Waals surface area contributed by atoms with Gasteiger partial charge in [0, 0.05) is 11.5 Å². The van der Waals surface area contributed by atoms with E-state index in [1.165, 1.54) is 0 Å². The molecule has 0 saturated carbocycles. The van der Waals surface area contributed by atoms with Gasteiger partial charge in [0.2, 0.25) is 0 Å². The summed E-state index contributed by atoms with van der Waals surface area (Å²) in [5.41, 5.74) is 1.46. The monoisotopic (exact) mass is 250 g/mol. The molecule has 0 aliphatic carbocycles. The average Bonchev–Trinajstić information content (AvgIpc) is 2.58. The third-order valence-corrected chi connectivity index (χ3v) is 2.63. The molecule has 1 N–H and O–H groups in total. The van der Waals surface area contributed by atoms with Crippen molar-refractivity contribution in [3.05, 3.63) is 28.4 Å². The summed E-state index contributed by atoms with van der Waals surface area (Å²) in [5.74, 6) is 0.754. The summed E-state index contributed by atoms with van der Waals surface area (Å²) in [6, 6.07) is 7.65. The third-order valence-electron chi connectivity index (χ3n) is 2.01. The van der Waals surface area contributed by atoms with E-state index < -0.39 is 0 Å². The minimum atomic E-state index is 0.556. The van der Waals surface area contributed by atoms with Crippen molar-refractivity contribution in [2.45, 2.75) is 0 Å². The molecule has 3 nitrogen and oxygen atoms in total. The normalized spacial score (nSPS) is 10.1. The van der Waals surface area contributed by atoms with Crippen molar-refractivity contribution in [1.82, 2.24) is 4.98 Å². The van der Waals surface area contributed by atoms with Gasteiger partial charge in [-0.1, -0.05) is 0 Å². The van der Waals surface area contributed by atoms with Gasteiger partial charge in [-0.2, -0.15) is 5.26 Å². The highest BCUT2D eigenvalue weighted by molar-refractivity contribution is 9.10. The van der Waals surface area contributed by atoms with Gasteiger partial charge in [0.1, 0.15) is 17.5 Å². The van der Waals surface area contributed by atoms with Gasteiger partial charge in [0.15, 0.2) is 0 Å². The molecular formula is C10H7BrN2O. The zero-order valence-electron chi connectivity index (χ0n) is 7.47. The van der Waals surface area contributed by atoms with Crippen molar-refractivity contribution in [1.29, 1.82) is 5.26 Å². The fraction of sp³-hybridized carbons (Fsp3) is 0.100. The molecule has 0 radical (unpaired) electrons. The summed E-state index contributed by atoms with van der Waals surface area (Å²) in [4.78, 5) is 2.99. The van der Waals surface area contributed by atoms with Crippen LogP contribution in [0.15, 0.2) is 22.7 Å². The molecular weight excluding hydrogens is 244 g/mol. The molecule has 0 aliphatic rings. The predicted octanol–water partition coefficient (Wildman–Crippen LogP) is 2.81. The molecule has 2 aromatic rings. The molecule has 2 rings (SSSR count). The van der Waals surface area contributed by atoms with E-state index in [-0.39, 0.29) is 0 Å². The lowest BCUT2D eigenvalue weighted by atomic mass is 10.2. The molecule has 1 aromatic carbocycles.